The summed E-state index contributed by atoms with van der Waals surface area (Å²) in [5.41, 5.74) is 1.83. The van der Waals surface area contributed by atoms with Gasteiger partial charge in [0.25, 0.3) is 0 Å². The summed E-state index contributed by atoms with van der Waals surface area (Å²) < 4.78 is 5.75. The summed E-state index contributed by atoms with van der Waals surface area (Å²) in [6, 6.07) is 17.5. The van der Waals surface area contributed by atoms with Crippen molar-refractivity contribution < 1.29 is 14.3 Å². The van der Waals surface area contributed by atoms with Crippen LogP contribution in [0.1, 0.15) is 70.8 Å². The maximum absolute atomic E-state index is 12.1. The summed E-state index contributed by atoms with van der Waals surface area (Å²) in [4.78, 5) is 24.2. The third kappa shape index (κ3) is 10.7. The zero-order valence-corrected chi connectivity index (χ0v) is 18.9. The van der Waals surface area contributed by atoms with Crippen LogP contribution < -0.4 is 15.4 Å². The molecule has 0 radical (unpaired) electrons. The van der Waals surface area contributed by atoms with Gasteiger partial charge in [0.1, 0.15) is 12.4 Å². The number of rotatable bonds is 14. The van der Waals surface area contributed by atoms with Crippen molar-refractivity contribution in [2.24, 2.45) is 0 Å². The normalized spacial score (nSPS) is 11.5. The summed E-state index contributed by atoms with van der Waals surface area (Å²) in [7, 11) is 0. The minimum absolute atomic E-state index is 0.0238. The molecule has 0 saturated heterocycles. The van der Waals surface area contributed by atoms with Crippen molar-refractivity contribution in [3.05, 3.63) is 60.2 Å². The molecule has 2 aromatic rings. The first-order chi connectivity index (χ1) is 15.1. The molecule has 0 aliphatic carbocycles. The fourth-order valence-corrected chi connectivity index (χ4v) is 3.30. The molecule has 0 heterocycles. The number of amides is 2. The highest BCUT2D eigenvalue weighted by Gasteiger charge is 2.09. The first-order valence-electron chi connectivity index (χ1n) is 11.4. The van der Waals surface area contributed by atoms with Gasteiger partial charge in [-0.25, -0.2) is 0 Å². The predicted molar refractivity (Wildman–Crippen MR) is 126 cm³/mol. The van der Waals surface area contributed by atoms with Crippen LogP contribution in [0.3, 0.4) is 0 Å². The van der Waals surface area contributed by atoms with Crippen LogP contribution in [0.15, 0.2) is 54.6 Å². The average Bonchev–Trinajstić information content (AvgIpc) is 2.77. The molecule has 0 aromatic heterocycles. The molecule has 0 aliphatic rings. The number of hydrogen-bond acceptors (Lipinski definition) is 3. The molecule has 5 heteroatoms. The number of anilines is 1. The number of hydrogen-bond donors (Lipinski definition) is 2. The largest absolute Gasteiger partial charge is 0.489 e. The van der Waals surface area contributed by atoms with E-state index >= 15 is 0 Å². The van der Waals surface area contributed by atoms with Gasteiger partial charge in [0, 0.05) is 24.6 Å². The van der Waals surface area contributed by atoms with Crippen LogP contribution in [0.4, 0.5) is 5.69 Å². The summed E-state index contributed by atoms with van der Waals surface area (Å²) >= 11 is 0. The molecule has 168 valence electrons. The summed E-state index contributed by atoms with van der Waals surface area (Å²) in [5, 5.41) is 5.90. The Morgan fingerprint density at radius 3 is 2.29 bits per heavy atom. The van der Waals surface area contributed by atoms with E-state index in [0.29, 0.717) is 25.9 Å². The third-order valence-corrected chi connectivity index (χ3v) is 5.09. The quantitative estimate of drug-likeness (QED) is 0.374. The Morgan fingerprint density at radius 2 is 1.58 bits per heavy atom. The van der Waals surface area contributed by atoms with Crippen molar-refractivity contribution in [1.82, 2.24) is 5.32 Å². The molecule has 0 saturated carbocycles. The fourth-order valence-electron chi connectivity index (χ4n) is 3.30. The molecule has 0 fully saturated rings. The molecule has 1 atom stereocenters. The number of nitrogens with one attached hydrogen (secondary N) is 2. The minimum atomic E-state index is -0.0848. The van der Waals surface area contributed by atoms with E-state index < -0.39 is 0 Å². The Hall–Kier alpha value is -2.82. The van der Waals surface area contributed by atoms with Crippen LogP contribution in [-0.2, 0) is 16.2 Å². The van der Waals surface area contributed by atoms with Gasteiger partial charge in [-0.15, -0.1) is 0 Å². The van der Waals surface area contributed by atoms with Crippen LogP contribution in [0.5, 0.6) is 5.75 Å². The van der Waals surface area contributed by atoms with Crippen LogP contribution in [0.2, 0.25) is 0 Å². The number of carbonyl (C=O) groups excluding carboxylic acids is 2. The number of unbranched alkanes of at least 4 members (excludes halogenated alkanes) is 3. The highest BCUT2D eigenvalue weighted by atomic mass is 16.5. The van der Waals surface area contributed by atoms with Gasteiger partial charge in [0.15, 0.2) is 0 Å². The summed E-state index contributed by atoms with van der Waals surface area (Å²) in [5.74, 6) is 0.691. The molecular weight excluding hydrogens is 388 g/mol. The first-order valence-corrected chi connectivity index (χ1v) is 11.4. The highest BCUT2D eigenvalue weighted by Crippen LogP contribution is 2.17. The van der Waals surface area contributed by atoms with E-state index in [1.54, 1.807) is 0 Å². The Labute approximate surface area is 186 Å². The molecule has 2 N–H and O–H groups in total. The SMILES string of the molecule is CCCCCC[C@@H](C)NC(=O)CCCC(=O)Nc1ccc(OCc2ccccc2)cc1. The molecule has 0 bridgehead atoms. The topological polar surface area (TPSA) is 67.4 Å². The second-order valence-electron chi connectivity index (χ2n) is 8.02. The maximum Gasteiger partial charge on any atom is 0.224 e. The molecule has 0 spiro atoms. The standard InChI is InChI=1S/C26H36N2O3/c1-3-4-5-7-11-21(2)27-25(29)14-10-15-26(30)28-23-16-18-24(19-17-23)31-20-22-12-8-6-9-13-22/h6,8-9,12-13,16-19,21H,3-5,7,10-11,14-15,20H2,1-2H3,(H,27,29)(H,28,30)/t21-/m1/s1. The van der Waals surface area contributed by atoms with E-state index in [-0.39, 0.29) is 17.9 Å². The lowest BCUT2D eigenvalue weighted by molar-refractivity contribution is -0.122. The predicted octanol–water partition coefficient (Wildman–Crippen LogP) is 5.85. The van der Waals surface area contributed by atoms with Gasteiger partial charge in [-0.05, 0) is 49.6 Å². The Balaban J connectivity index is 1.60. The molecule has 5 nitrogen and oxygen atoms in total. The highest BCUT2D eigenvalue weighted by molar-refractivity contribution is 5.91. The smallest absolute Gasteiger partial charge is 0.224 e. The third-order valence-electron chi connectivity index (χ3n) is 5.09. The lowest BCUT2D eigenvalue weighted by Gasteiger charge is -2.13. The van der Waals surface area contributed by atoms with Crippen molar-refractivity contribution in [1.29, 1.82) is 0 Å². The van der Waals surface area contributed by atoms with Crippen LogP contribution >= 0.6 is 0 Å². The van der Waals surface area contributed by atoms with E-state index in [9.17, 15) is 9.59 Å². The second-order valence-corrected chi connectivity index (χ2v) is 8.02. The van der Waals surface area contributed by atoms with Crippen molar-refractivity contribution in [3.8, 4) is 5.75 Å². The van der Waals surface area contributed by atoms with E-state index in [0.717, 1.165) is 29.8 Å². The van der Waals surface area contributed by atoms with Crippen LogP contribution in [0.25, 0.3) is 0 Å². The second kappa shape index (κ2) is 14.2. The van der Waals surface area contributed by atoms with Crippen molar-refractivity contribution in [3.63, 3.8) is 0 Å². The van der Waals surface area contributed by atoms with Crippen LogP contribution in [-0.4, -0.2) is 17.9 Å². The van der Waals surface area contributed by atoms with Crippen molar-refractivity contribution in [2.75, 3.05) is 5.32 Å². The average molecular weight is 425 g/mol. The molecule has 0 unspecified atom stereocenters. The fraction of sp³-hybridized carbons (Fsp3) is 0.462. The van der Waals surface area contributed by atoms with E-state index in [4.69, 9.17) is 4.74 Å². The van der Waals surface area contributed by atoms with Gasteiger partial charge in [-0.1, -0.05) is 62.9 Å². The number of benzene rings is 2. The maximum atomic E-state index is 12.1. The Bertz CT molecular complexity index is 775. The van der Waals surface area contributed by atoms with Gasteiger partial charge < -0.3 is 15.4 Å². The lowest BCUT2D eigenvalue weighted by Crippen LogP contribution is -2.32. The molecule has 0 aliphatic heterocycles. The van der Waals surface area contributed by atoms with E-state index in [1.165, 1.54) is 19.3 Å². The summed E-state index contributed by atoms with van der Waals surface area (Å²) in [6.45, 7) is 4.74. The number of ether oxygens (including phenoxy) is 1. The van der Waals surface area contributed by atoms with Gasteiger partial charge >= 0.3 is 0 Å². The molecule has 2 amide bonds. The van der Waals surface area contributed by atoms with Crippen LogP contribution in [0, 0.1) is 0 Å². The van der Waals surface area contributed by atoms with E-state index in [1.807, 2.05) is 61.5 Å². The molecule has 2 rings (SSSR count). The zero-order chi connectivity index (χ0) is 22.3. The van der Waals surface area contributed by atoms with Gasteiger partial charge in [0.05, 0.1) is 0 Å². The monoisotopic (exact) mass is 424 g/mol. The zero-order valence-electron chi connectivity index (χ0n) is 18.9. The Kier molecular flexibility index (Phi) is 11.2. The number of carbonyl (C=O) groups is 2. The van der Waals surface area contributed by atoms with Gasteiger partial charge in [-0.2, -0.15) is 0 Å². The molecular formula is C26H36N2O3. The summed E-state index contributed by atoms with van der Waals surface area (Å²) in [6.07, 6.45) is 7.08. The van der Waals surface area contributed by atoms with E-state index in [2.05, 4.69) is 17.6 Å². The van der Waals surface area contributed by atoms with Gasteiger partial charge in [0.2, 0.25) is 11.8 Å². The van der Waals surface area contributed by atoms with Gasteiger partial charge in [-0.3, -0.25) is 9.59 Å². The molecule has 31 heavy (non-hydrogen) atoms. The minimum Gasteiger partial charge on any atom is -0.489 e. The Morgan fingerprint density at radius 1 is 0.871 bits per heavy atom. The lowest BCUT2D eigenvalue weighted by atomic mass is 10.1. The van der Waals surface area contributed by atoms with Crippen molar-refractivity contribution in [2.45, 2.75) is 77.9 Å². The molecule has 2 aromatic carbocycles. The van der Waals surface area contributed by atoms with Crippen molar-refractivity contribution >= 4 is 17.5 Å². The first kappa shape index (κ1) is 24.4.